The summed E-state index contributed by atoms with van der Waals surface area (Å²) in [6, 6.07) is 9.68. The van der Waals surface area contributed by atoms with Crippen LogP contribution in [0.4, 0.5) is 5.88 Å². The van der Waals surface area contributed by atoms with Crippen LogP contribution < -0.4 is 5.32 Å². The number of carbonyl (C=O) groups excluding carboxylic acids is 1. The van der Waals surface area contributed by atoms with Crippen molar-refractivity contribution in [3.63, 3.8) is 0 Å². The molecule has 2 heterocycles. The van der Waals surface area contributed by atoms with E-state index < -0.39 is 0 Å². The first-order valence-corrected chi connectivity index (χ1v) is 6.68. The molecule has 1 aromatic carbocycles. The van der Waals surface area contributed by atoms with Gasteiger partial charge in [-0.05, 0) is 19.8 Å². The smallest absolute Gasteiger partial charge is 0.255 e. The molecule has 1 aliphatic heterocycles. The molecule has 0 bridgehead atoms. The summed E-state index contributed by atoms with van der Waals surface area (Å²) in [5.41, 5.74) is 2.84. The van der Waals surface area contributed by atoms with Crippen molar-refractivity contribution in [2.24, 2.45) is 0 Å². The Balaban J connectivity index is 1.70. The molecule has 1 saturated heterocycles. The maximum atomic E-state index is 11.9. The largest absolute Gasteiger partial charge is 0.368 e. The van der Waals surface area contributed by atoms with Crippen molar-refractivity contribution in [3.05, 3.63) is 35.9 Å². The van der Waals surface area contributed by atoms with E-state index in [-0.39, 0.29) is 12.0 Å². The second-order valence-corrected chi connectivity index (χ2v) is 4.93. The van der Waals surface area contributed by atoms with Gasteiger partial charge in [0.2, 0.25) is 5.88 Å². The first-order valence-electron chi connectivity index (χ1n) is 6.68. The zero-order valence-corrected chi connectivity index (χ0v) is 11.3. The van der Waals surface area contributed by atoms with Gasteiger partial charge in [-0.2, -0.15) is 0 Å². The molecule has 1 amide bonds. The van der Waals surface area contributed by atoms with Gasteiger partial charge in [-0.1, -0.05) is 35.0 Å². The van der Waals surface area contributed by atoms with E-state index in [1.165, 1.54) is 5.56 Å². The first-order chi connectivity index (χ1) is 9.72. The summed E-state index contributed by atoms with van der Waals surface area (Å²) in [5, 5.41) is 6.66. The Bertz CT molecular complexity index is 598. The molecule has 0 aliphatic carbocycles. The molecule has 0 radical (unpaired) electrons. The standard InChI is InChI=1S/C15H16N2O3/c1-10-4-6-11(7-5-10)12-9-14(20-17-12)16-15(18)13-3-2-8-19-13/h4-7,9,13H,2-3,8H2,1H3,(H,16,18)/t13-/m0/s1. The molecule has 20 heavy (non-hydrogen) atoms. The Morgan fingerprint density at radius 3 is 2.85 bits per heavy atom. The number of aromatic nitrogens is 1. The summed E-state index contributed by atoms with van der Waals surface area (Å²) in [6.45, 7) is 2.67. The average Bonchev–Trinajstić information content (AvgIpc) is 3.10. The minimum absolute atomic E-state index is 0.172. The highest BCUT2D eigenvalue weighted by Gasteiger charge is 2.24. The summed E-state index contributed by atoms with van der Waals surface area (Å²) >= 11 is 0. The minimum atomic E-state index is -0.372. The molecule has 0 spiro atoms. The quantitative estimate of drug-likeness (QED) is 0.933. The van der Waals surface area contributed by atoms with Gasteiger partial charge in [0.1, 0.15) is 11.8 Å². The fraction of sp³-hybridized carbons (Fsp3) is 0.333. The molecule has 1 N–H and O–H groups in total. The number of ether oxygens (including phenoxy) is 1. The van der Waals surface area contributed by atoms with Crippen molar-refractivity contribution in [1.82, 2.24) is 5.16 Å². The van der Waals surface area contributed by atoms with Crippen molar-refractivity contribution in [3.8, 4) is 11.3 Å². The highest BCUT2D eigenvalue weighted by Crippen LogP contribution is 2.23. The van der Waals surface area contributed by atoms with Crippen LogP contribution in [0.3, 0.4) is 0 Å². The highest BCUT2D eigenvalue weighted by atomic mass is 16.5. The van der Waals surface area contributed by atoms with E-state index in [0.717, 1.165) is 18.4 Å². The number of anilines is 1. The molecule has 2 aromatic rings. The van der Waals surface area contributed by atoms with E-state index in [2.05, 4.69) is 10.5 Å². The topological polar surface area (TPSA) is 64.4 Å². The maximum absolute atomic E-state index is 11.9. The predicted octanol–water partition coefficient (Wildman–Crippen LogP) is 2.77. The fourth-order valence-electron chi connectivity index (χ4n) is 2.18. The van der Waals surface area contributed by atoms with Crippen LogP contribution in [-0.4, -0.2) is 23.8 Å². The Morgan fingerprint density at radius 2 is 2.15 bits per heavy atom. The van der Waals surface area contributed by atoms with Gasteiger partial charge < -0.3 is 9.26 Å². The maximum Gasteiger partial charge on any atom is 0.255 e. The van der Waals surface area contributed by atoms with Gasteiger partial charge in [-0.15, -0.1) is 0 Å². The Labute approximate surface area is 116 Å². The van der Waals surface area contributed by atoms with Crippen LogP contribution in [-0.2, 0) is 9.53 Å². The van der Waals surface area contributed by atoms with Crippen molar-refractivity contribution in [1.29, 1.82) is 0 Å². The molecule has 1 fully saturated rings. The van der Waals surface area contributed by atoms with E-state index in [1.54, 1.807) is 6.07 Å². The van der Waals surface area contributed by atoms with Gasteiger partial charge in [-0.3, -0.25) is 10.1 Å². The van der Waals surface area contributed by atoms with Crippen LogP contribution in [0.2, 0.25) is 0 Å². The normalized spacial score (nSPS) is 18.1. The molecule has 104 valence electrons. The molecule has 3 rings (SSSR count). The van der Waals surface area contributed by atoms with Gasteiger partial charge >= 0.3 is 0 Å². The lowest BCUT2D eigenvalue weighted by Crippen LogP contribution is -2.26. The van der Waals surface area contributed by atoms with Gasteiger partial charge in [0.15, 0.2) is 0 Å². The molecule has 5 nitrogen and oxygen atoms in total. The lowest BCUT2D eigenvalue weighted by atomic mass is 10.1. The van der Waals surface area contributed by atoms with E-state index in [4.69, 9.17) is 9.26 Å². The third-order valence-electron chi connectivity index (χ3n) is 3.33. The number of nitrogens with one attached hydrogen (secondary N) is 1. The number of hydrogen-bond donors (Lipinski definition) is 1. The number of amides is 1. The SMILES string of the molecule is Cc1ccc(-c2cc(NC(=O)[C@@H]3CCCO3)on2)cc1. The molecule has 0 unspecified atom stereocenters. The third-order valence-corrected chi connectivity index (χ3v) is 3.33. The Kier molecular flexibility index (Phi) is 3.52. The Morgan fingerprint density at radius 1 is 1.35 bits per heavy atom. The summed E-state index contributed by atoms with van der Waals surface area (Å²) in [5.74, 6) is 0.176. The zero-order valence-electron chi connectivity index (χ0n) is 11.3. The van der Waals surface area contributed by atoms with E-state index >= 15 is 0 Å². The zero-order chi connectivity index (χ0) is 13.9. The highest BCUT2D eigenvalue weighted by molar-refractivity contribution is 5.93. The van der Waals surface area contributed by atoms with E-state index in [9.17, 15) is 4.79 Å². The molecular weight excluding hydrogens is 256 g/mol. The summed E-state index contributed by atoms with van der Waals surface area (Å²) in [7, 11) is 0. The second kappa shape index (κ2) is 5.46. The molecule has 1 aromatic heterocycles. The molecule has 1 aliphatic rings. The number of nitrogens with zero attached hydrogens (tertiary/aromatic N) is 1. The molecule has 5 heteroatoms. The van der Waals surface area contributed by atoms with Crippen LogP contribution in [0.15, 0.2) is 34.9 Å². The molecule has 0 saturated carbocycles. The van der Waals surface area contributed by atoms with Crippen LogP contribution in [0.1, 0.15) is 18.4 Å². The second-order valence-electron chi connectivity index (χ2n) is 4.93. The van der Waals surface area contributed by atoms with Crippen LogP contribution in [0.25, 0.3) is 11.3 Å². The Hall–Kier alpha value is -2.14. The third kappa shape index (κ3) is 2.72. The molecular formula is C15H16N2O3. The van der Waals surface area contributed by atoms with Gasteiger partial charge in [-0.25, -0.2) is 0 Å². The van der Waals surface area contributed by atoms with Crippen LogP contribution >= 0.6 is 0 Å². The summed E-state index contributed by atoms with van der Waals surface area (Å²) < 4.78 is 10.5. The first kappa shape index (κ1) is 12.9. The van der Waals surface area contributed by atoms with Gasteiger partial charge in [0.25, 0.3) is 5.91 Å². The predicted molar refractivity (Wildman–Crippen MR) is 74.3 cm³/mol. The van der Waals surface area contributed by atoms with E-state index in [0.29, 0.717) is 18.2 Å². The van der Waals surface area contributed by atoms with Gasteiger partial charge in [0, 0.05) is 18.2 Å². The van der Waals surface area contributed by atoms with Crippen LogP contribution in [0.5, 0.6) is 0 Å². The van der Waals surface area contributed by atoms with Crippen molar-refractivity contribution in [2.75, 3.05) is 11.9 Å². The van der Waals surface area contributed by atoms with Crippen molar-refractivity contribution < 1.29 is 14.1 Å². The number of carbonyl (C=O) groups is 1. The fourth-order valence-corrected chi connectivity index (χ4v) is 2.18. The number of aryl methyl sites for hydroxylation is 1. The van der Waals surface area contributed by atoms with Crippen molar-refractivity contribution >= 4 is 11.8 Å². The van der Waals surface area contributed by atoms with Crippen LogP contribution in [0, 0.1) is 6.92 Å². The molecule has 1 atom stereocenters. The number of benzene rings is 1. The van der Waals surface area contributed by atoms with Gasteiger partial charge in [0.05, 0.1) is 0 Å². The minimum Gasteiger partial charge on any atom is -0.368 e. The van der Waals surface area contributed by atoms with E-state index in [1.807, 2.05) is 31.2 Å². The lowest BCUT2D eigenvalue weighted by Gasteiger charge is -2.06. The lowest BCUT2D eigenvalue weighted by molar-refractivity contribution is -0.124. The van der Waals surface area contributed by atoms with Crippen molar-refractivity contribution in [2.45, 2.75) is 25.9 Å². The average molecular weight is 272 g/mol. The number of hydrogen-bond acceptors (Lipinski definition) is 4. The summed E-state index contributed by atoms with van der Waals surface area (Å²) in [4.78, 5) is 11.9. The number of rotatable bonds is 3. The summed E-state index contributed by atoms with van der Waals surface area (Å²) in [6.07, 6.45) is 1.30. The monoisotopic (exact) mass is 272 g/mol.